The highest BCUT2D eigenvalue weighted by atomic mass is 32.2. The number of hydrogen-bond donors (Lipinski definition) is 1. The van der Waals surface area contributed by atoms with Gasteiger partial charge in [0.2, 0.25) is 10.0 Å². The highest BCUT2D eigenvalue weighted by Crippen LogP contribution is 2.14. The van der Waals surface area contributed by atoms with Crippen molar-refractivity contribution in [2.45, 2.75) is 18.4 Å². The van der Waals surface area contributed by atoms with E-state index in [9.17, 15) is 12.8 Å². The molecular weight excluding hydrogens is 295 g/mol. The maximum absolute atomic E-state index is 13.2. The number of hydrogen-bond acceptors (Lipinski definition) is 5. The molecular formula is C13H11FN4O2S. The molecule has 0 radical (unpaired) electrons. The zero-order valence-corrected chi connectivity index (χ0v) is 11.9. The Labute approximate surface area is 121 Å². The molecule has 0 bridgehead atoms. The van der Waals surface area contributed by atoms with Crippen LogP contribution in [-0.2, 0) is 16.6 Å². The Morgan fingerprint density at radius 1 is 1.33 bits per heavy atom. The Morgan fingerprint density at radius 3 is 2.71 bits per heavy atom. The lowest BCUT2D eigenvalue weighted by Gasteiger charge is -2.07. The standard InChI is InChI=1S/C13H11FN4O2S/c1-9-6-17-11(7-16-9)8-18-21(19,20)12-2-3-13(14)10(4-12)5-15/h2-4,6-7,18H,8H2,1H3. The second-order valence-corrected chi connectivity index (χ2v) is 5.99. The van der Waals surface area contributed by atoms with E-state index in [0.29, 0.717) is 5.69 Å². The van der Waals surface area contributed by atoms with Crippen LogP contribution < -0.4 is 4.72 Å². The predicted octanol–water partition coefficient (Wildman–Crippen LogP) is 1.27. The zero-order valence-electron chi connectivity index (χ0n) is 11.0. The van der Waals surface area contributed by atoms with E-state index >= 15 is 0 Å². The molecule has 0 atom stereocenters. The fourth-order valence-electron chi connectivity index (χ4n) is 1.52. The molecule has 2 rings (SSSR count). The van der Waals surface area contributed by atoms with Crippen LogP contribution in [0.3, 0.4) is 0 Å². The van der Waals surface area contributed by atoms with Gasteiger partial charge in [0, 0.05) is 6.20 Å². The first kappa shape index (κ1) is 15.0. The van der Waals surface area contributed by atoms with Crippen molar-refractivity contribution in [3.8, 4) is 6.07 Å². The maximum Gasteiger partial charge on any atom is 0.240 e. The molecule has 0 aliphatic heterocycles. The van der Waals surface area contributed by atoms with E-state index in [2.05, 4.69) is 14.7 Å². The highest BCUT2D eigenvalue weighted by molar-refractivity contribution is 7.89. The Hall–Kier alpha value is -2.37. The Balaban J connectivity index is 2.19. The Bertz CT molecular complexity index is 798. The van der Waals surface area contributed by atoms with Gasteiger partial charge < -0.3 is 0 Å². The molecule has 108 valence electrons. The van der Waals surface area contributed by atoms with Gasteiger partial charge in [-0.15, -0.1) is 0 Å². The van der Waals surface area contributed by atoms with Gasteiger partial charge in [-0.25, -0.2) is 17.5 Å². The monoisotopic (exact) mass is 306 g/mol. The number of aromatic nitrogens is 2. The van der Waals surface area contributed by atoms with Crippen molar-refractivity contribution < 1.29 is 12.8 Å². The smallest absolute Gasteiger partial charge is 0.240 e. The van der Waals surface area contributed by atoms with Gasteiger partial charge in [-0.05, 0) is 25.1 Å². The van der Waals surface area contributed by atoms with Gasteiger partial charge in [-0.3, -0.25) is 9.97 Å². The van der Waals surface area contributed by atoms with Crippen LogP contribution >= 0.6 is 0 Å². The lowest BCUT2D eigenvalue weighted by Crippen LogP contribution is -2.24. The summed E-state index contributed by atoms with van der Waals surface area (Å²) in [6, 6.07) is 4.62. The second kappa shape index (κ2) is 5.95. The van der Waals surface area contributed by atoms with Gasteiger partial charge in [-0.1, -0.05) is 0 Å². The molecule has 0 spiro atoms. The summed E-state index contributed by atoms with van der Waals surface area (Å²) in [5.41, 5.74) is 0.846. The van der Waals surface area contributed by atoms with Crippen LogP contribution in [0.2, 0.25) is 0 Å². The minimum absolute atomic E-state index is 0.0467. The molecule has 0 saturated heterocycles. The topological polar surface area (TPSA) is 95.7 Å². The highest BCUT2D eigenvalue weighted by Gasteiger charge is 2.16. The van der Waals surface area contributed by atoms with Crippen molar-refractivity contribution in [1.29, 1.82) is 5.26 Å². The van der Waals surface area contributed by atoms with Gasteiger partial charge in [0.25, 0.3) is 0 Å². The van der Waals surface area contributed by atoms with Gasteiger partial charge in [0.15, 0.2) is 0 Å². The summed E-state index contributed by atoms with van der Waals surface area (Å²) in [7, 11) is -3.85. The van der Waals surface area contributed by atoms with Crippen molar-refractivity contribution >= 4 is 10.0 Å². The molecule has 1 aromatic carbocycles. The molecule has 0 unspecified atom stereocenters. The predicted molar refractivity (Wildman–Crippen MR) is 71.9 cm³/mol. The number of rotatable bonds is 4. The van der Waals surface area contributed by atoms with E-state index in [0.717, 1.165) is 23.9 Å². The molecule has 2 aromatic rings. The molecule has 8 heteroatoms. The summed E-state index contributed by atoms with van der Waals surface area (Å²) in [4.78, 5) is 7.84. The first-order chi connectivity index (χ1) is 9.92. The van der Waals surface area contributed by atoms with E-state index < -0.39 is 15.8 Å². The Morgan fingerprint density at radius 2 is 2.10 bits per heavy atom. The minimum Gasteiger partial charge on any atom is -0.258 e. The largest absolute Gasteiger partial charge is 0.258 e. The Kier molecular flexibility index (Phi) is 4.26. The van der Waals surface area contributed by atoms with E-state index in [1.807, 2.05) is 0 Å². The van der Waals surface area contributed by atoms with Crippen LogP contribution in [0.15, 0.2) is 35.5 Å². The second-order valence-electron chi connectivity index (χ2n) is 4.23. The first-order valence-electron chi connectivity index (χ1n) is 5.89. The summed E-state index contributed by atoms with van der Waals surface area (Å²) < 4.78 is 39.6. The van der Waals surface area contributed by atoms with Gasteiger partial charge >= 0.3 is 0 Å². The lowest BCUT2D eigenvalue weighted by molar-refractivity contribution is 0.579. The number of nitrogens with one attached hydrogen (secondary N) is 1. The zero-order chi connectivity index (χ0) is 15.5. The molecule has 0 aliphatic rings. The molecule has 0 saturated carbocycles. The third-order valence-corrected chi connectivity index (χ3v) is 4.05. The van der Waals surface area contributed by atoms with Gasteiger partial charge in [-0.2, -0.15) is 5.26 Å². The fourth-order valence-corrected chi connectivity index (χ4v) is 2.54. The number of sulfonamides is 1. The van der Waals surface area contributed by atoms with E-state index in [1.54, 1.807) is 13.0 Å². The third-order valence-electron chi connectivity index (χ3n) is 2.65. The molecule has 1 aromatic heterocycles. The average molecular weight is 306 g/mol. The molecule has 0 amide bonds. The van der Waals surface area contributed by atoms with Gasteiger partial charge in [0.05, 0.1) is 34.6 Å². The van der Waals surface area contributed by atoms with Crippen molar-refractivity contribution in [2.75, 3.05) is 0 Å². The SMILES string of the molecule is Cc1cnc(CNS(=O)(=O)c2ccc(F)c(C#N)c2)cn1. The van der Waals surface area contributed by atoms with E-state index in [4.69, 9.17) is 5.26 Å². The summed E-state index contributed by atoms with van der Waals surface area (Å²) >= 11 is 0. The summed E-state index contributed by atoms with van der Waals surface area (Å²) in [6.45, 7) is 1.72. The number of benzene rings is 1. The molecule has 6 nitrogen and oxygen atoms in total. The molecule has 1 heterocycles. The number of halogens is 1. The van der Waals surface area contributed by atoms with Crippen LogP contribution in [0.5, 0.6) is 0 Å². The van der Waals surface area contributed by atoms with Crippen molar-refractivity contribution in [1.82, 2.24) is 14.7 Å². The van der Waals surface area contributed by atoms with Gasteiger partial charge in [0.1, 0.15) is 11.9 Å². The number of nitrogens with zero attached hydrogens (tertiary/aromatic N) is 3. The van der Waals surface area contributed by atoms with Crippen LogP contribution in [-0.4, -0.2) is 18.4 Å². The molecule has 21 heavy (non-hydrogen) atoms. The van der Waals surface area contributed by atoms with Crippen LogP contribution in [0, 0.1) is 24.1 Å². The third kappa shape index (κ3) is 3.59. The summed E-state index contributed by atoms with van der Waals surface area (Å²) in [6.07, 6.45) is 2.98. The summed E-state index contributed by atoms with van der Waals surface area (Å²) in [5, 5.41) is 8.72. The van der Waals surface area contributed by atoms with Crippen molar-refractivity contribution in [2.24, 2.45) is 0 Å². The fraction of sp³-hybridized carbons (Fsp3) is 0.154. The number of nitriles is 1. The van der Waals surface area contributed by atoms with Crippen LogP contribution in [0.25, 0.3) is 0 Å². The molecule has 0 fully saturated rings. The summed E-state index contributed by atoms with van der Waals surface area (Å²) in [5.74, 6) is -0.763. The molecule has 1 N–H and O–H groups in total. The van der Waals surface area contributed by atoms with E-state index in [1.165, 1.54) is 12.4 Å². The maximum atomic E-state index is 13.2. The van der Waals surface area contributed by atoms with Crippen LogP contribution in [0.1, 0.15) is 17.0 Å². The first-order valence-corrected chi connectivity index (χ1v) is 7.37. The normalized spacial score (nSPS) is 11.1. The minimum atomic E-state index is -3.85. The van der Waals surface area contributed by atoms with Crippen molar-refractivity contribution in [3.05, 3.63) is 53.4 Å². The number of aryl methyl sites for hydroxylation is 1. The molecule has 0 aliphatic carbocycles. The van der Waals surface area contributed by atoms with E-state index in [-0.39, 0.29) is 17.0 Å². The van der Waals surface area contributed by atoms with Crippen LogP contribution in [0.4, 0.5) is 4.39 Å². The van der Waals surface area contributed by atoms with Crippen molar-refractivity contribution in [3.63, 3.8) is 0 Å². The quantitative estimate of drug-likeness (QED) is 0.917. The average Bonchev–Trinajstić information content (AvgIpc) is 2.47. The lowest BCUT2D eigenvalue weighted by atomic mass is 10.2.